The zero-order valence-electron chi connectivity index (χ0n) is 17.2. The van der Waals surface area contributed by atoms with E-state index in [0.717, 1.165) is 40.7 Å². The summed E-state index contributed by atoms with van der Waals surface area (Å²) in [6, 6.07) is 16.4. The maximum atomic E-state index is 7.52. The van der Waals surface area contributed by atoms with Gasteiger partial charge in [-0.1, -0.05) is 70.2 Å². The smallest absolute Gasteiger partial charge is 0.187 e. The molecule has 28 heavy (non-hydrogen) atoms. The molecule has 0 radical (unpaired) electrons. The van der Waals surface area contributed by atoms with E-state index in [2.05, 4.69) is 56.1 Å². The molecule has 3 heteroatoms. The van der Waals surface area contributed by atoms with E-state index in [4.69, 9.17) is 12.3 Å². The Labute approximate surface area is 168 Å². The number of rotatable bonds is 6. The summed E-state index contributed by atoms with van der Waals surface area (Å²) in [5.74, 6) is 0.997. The number of anilines is 3. The maximum absolute atomic E-state index is 7.52. The monoisotopic (exact) mass is 371 g/mol. The van der Waals surface area contributed by atoms with Crippen LogP contribution < -0.4 is 11.1 Å². The second-order valence-corrected chi connectivity index (χ2v) is 8.32. The van der Waals surface area contributed by atoms with Gasteiger partial charge < -0.3 is 11.1 Å². The molecule has 0 bridgehead atoms. The molecule has 0 fully saturated rings. The van der Waals surface area contributed by atoms with E-state index in [9.17, 15) is 0 Å². The molecule has 0 aliphatic carbocycles. The Morgan fingerprint density at radius 2 is 1.50 bits per heavy atom. The van der Waals surface area contributed by atoms with Gasteiger partial charge >= 0.3 is 0 Å². The number of nitrogens with two attached hydrogens (primary N) is 1. The second-order valence-electron chi connectivity index (χ2n) is 8.32. The van der Waals surface area contributed by atoms with Gasteiger partial charge in [0.15, 0.2) is 5.69 Å². The lowest BCUT2D eigenvalue weighted by Crippen LogP contribution is -2.07. The van der Waals surface area contributed by atoms with E-state index >= 15 is 0 Å². The summed E-state index contributed by atoms with van der Waals surface area (Å²) in [4.78, 5) is 3.72. The van der Waals surface area contributed by atoms with Crippen molar-refractivity contribution < 1.29 is 0 Å². The van der Waals surface area contributed by atoms with E-state index in [-0.39, 0.29) is 0 Å². The summed E-state index contributed by atoms with van der Waals surface area (Å²) in [5.41, 5.74) is 12.3. The summed E-state index contributed by atoms with van der Waals surface area (Å²) in [5, 5.41) is 5.96. The minimum atomic E-state index is 0.498. The van der Waals surface area contributed by atoms with Gasteiger partial charge in [-0.3, -0.25) is 0 Å². The second kappa shape index (κ2) is 8.35. The van der Waals surface area contributed by atoms with Crippen LogP contribution >= 0.6 is 0 Å². The first kappa shape index (κ1) is 19.8. The van der Waals surface area contributed by atoms with Crippen LogP contribution in [0, 0.1) is 18.4 Å². The Morgan fingerprint density at radius 1 is 0.893 bits per heavy atom. The predicted molar refractivity (Wildman–Crippen MR) is 121 cm³/mol. The quantitative estimate of drug-likeness (QED) is 0.358. The fraction of sp³-hybridized carbons (Fsp3) is 0.320. The molecule has 0 atom stereocenters. The molecule has 3 nitrogen and oxygen atoms in total. The molecule has 0 saturated heterocycles. The average molecular weight is 372 g/mol. The van der Waals surface area contributed by atoms with Crippen LogP contribution in [0.2, 0.25) is 0 Å². The summed E-state index contributed by atoms with van der Waals surface area (Å²) in [6.45, 7) is 16.4. The molecule has 0 unspecified atom stereocenters. The van der Waals surface area contributed by atoms with Crippen LogP contribution in [0.15, 0.2) is 48.5 Å². The van der Waals surface area contributed by atoms with Crippen molar-refractivity contribution >= 4 is 33.5 Å². The van der Waals surface area contributed by atoms with E-state index in [1.807, 2.05) is 30.3 Å². The van der Waals surface area contributed by atoms with Crippen molar-refractivity contribution in [2.45, 2.75) is 40.5 Å². The van der Waals surface area contributed by atoms with E-state index in [1.54, 1.807) is 0 Å². The molecule has 3 N–H and O–H groups in total. The van der Waals surface area contributed by atoms with Crippen molar-refractivity contribution in [1.29, 1.82) is 0 Å². The van der Waals surface area contributed by atoms with E-state index in [0.29, 0.717) is 17.5 Å². The third-order valence-electron chi connectivity index (χ3n) is 4.88. The van der Waals surface area contributed by atoms with Gasteiger partial charge in [0.25, 0.3) is 0 Å². The predicted octanol–water partition coefficient (Wildman–Crippen LogP) is 7.11. The maximum Gasteiger partial charge on any atom is 0.187 e. The third-order valence-corrected chi connectivity index (χ3v) is 4.88. The van der Waals surface area contributed by atoms with E-state index < -0.39 is 0 Å². The lowest BCUT2D eigenvalue weighted by atomic mass is 9.93. The average Bonchev–Trinajstić information content (AvgIpc) is 2.64. The lowest BCUT2D eigenvalue weighted by Gasteiger charge is -2.22. The summed E-state index contributed by atoms with van der Waals surface area (Å²) < 4.78 is 0. The highest BCUT2D eigenvalue weighted by atomic mass is 14.9. The Bertz CT molecular complexity index is 995. The Kier molecular flexibility index (Phi) is 5.90. The third kappa shape index (κ3) is 4.28. The number of nitrogens with one attached hydrogen (secondary N) is 1. The fourth-order valence-electron chi connectivity index (χ4n) is 3.73. The van der Waals surface area contributed by atoms with Crippen LogP contribution in [0.1, 0.15) is 38.8 Å². The van der Waals surface area contributed by atoms with Crippen LogP contribution in [-0.4, -0.2) is 0 Å². The molecular weight excluding hydrogens is 342 g/mol. The minimum absolute atomic E-state index is 0.498. The first-order valence-corrected chi connectivity index (χ1v) is 9.96. The molecule has 0 spiro atoms. The van der Waals surface area contributed by atoms with Gasteiger partial charge in [-0.15, -0.1) is 0 Å². The molecule has 3 aromatic rings. The highest BCUT2D eigenvalue weighted by Crippen LogP contribution is 2.38. The SMILES string of the molecule is [C-]#[N+]c1cc(CC(C)C)c(Nc2c(N)ccc3ccccc23)c(CC(C)C)c1. The van der Waals surface area contributed by atoms with Crippen molar-refractivity contribution in [3.05, 3.63) is 71.1 Å². The van der Waals surface area contributed by atoms with Gasteiger partial charge in [0.1, 0.15) is 0 Å². The van der Waals surface area contributed by atoms with Gasteiger partial charge in [-0.2, -0.15) is 0 Å². The van der Waals surface area contributed by atoms with Gasteiger partial charge in [-0.05, 0) is 47.3 Å². The number of nitrogen functional groups attached to an aromatic ring is 1. The number of hydrogen-bond acceptors (Lipinski definition) is 2. The molecule has 0 amide bonds. The van der Waals surface area contributed by atoms with Crippen LogP contribution in [-0.2, 0) is 12.8 Å². The highest BCUT2D eigenvalue weighted by Gasteiger charge is 2.16. The highest BCUT2D eigenvalue weighted by molar-refractivity contribution is 6.01. The van der Waals surface area contributed by atoms with Crippen molar-refractivity contribution in [1.82, 2.24) is 0 Å². The van der Waals surface area contributed by atoms with Crippen molar-refractivity contribution in [2.75, 3.05) is 11.1 Å². The molecular formula is C25H29N3. The zero-order valence-corrected chi connectivity index (χ0v) is 17.2. The van der Waals surface area contributed by atoms with Gasteiger partial charge in [-0.25, -0.2) is 4.85 Å². The summed E-state index contributed by atoms with van der Waals surface area (Å²) in [6.07, 6.45) is 1.84. The first-order chi connectivity index (χ1) is 13.4. The first-order valence-electron chi connectivity index (χ1n) is 9.96. The van der Waals surface area contributed by atoms with Gasteiger partial charge in [0.05, 0.1) is 17.9 Å². The molecule has 3 aromatic carbocycles. The van der Waals surface area contributed by atoms with Crippen LogP contribution in [0.5, 0.6) is 0 Å². The molecule has 0 aliphatic rings. The Morgan fingerprint density at radius 3 is 2.07 bits per heavy atom. The van der Waals surface area contributed by atoms with E-state index in [1.165, 1.54) is 11.1 Å². The van der Waals surface area contributed by atoms with Gasteiger partial charge in [0.2, 0.25) is 0 Å². The zero-order chi connectivity index (χ0) is 20.3. The van der Waals surface area contributed by atoms with Crippen LogP contribution in [0.25, 0.3) is 15.6 Å². The number of fused-ring (bicyclic) bond motifs is 1. The van der Waals surface area contributed by atoms with Crippen LogP contribution in [0.3, 0.4) is 0 Å². The molecule has 3 rings (SSSR count). The summed E-state index contributed by atoms with van der Waals surface area (Å²) >= 11 is 0. The van der Waals surface area contributed by atoms with Crippen molar-refractivity contribution in [2.24, 2.45) is 11.8 Å². The largest absolute Gasteiger partial charge is 0.397 e. The lowest BCUT2D eigenvalue weighted by molar-refractivity contribution is 0.638. The molecule has 0 heterocycles. The normalized spacial score (nSPS) is 11.2. The topological polar surface area (TPSA) is 42.4 Å². The van der Waals surface area contributed by atoms with Crippen molar-refractivity contribution in [3.8, 4) is 0 Å². The molecule has 144 valence electrons. The number of nitrogens with zero attached hydrogens (tertiary/aromatic N) is 1. The Balaban J connectivity index is 2.20. The Hall–Kier alpha value is -2.99. The molecule has 0 aliphatic heterocycles. The van der Waals surface area contributed by atoms with Crippen molar-refractivity contribution in [3.63, 3.8) is 0 Å². The molecule has 0 aromatic heterocycles. The standard InChI is InChI=1S/C25H29N3/c1-16(2)12-19-14-21(27-5)15-20(13-17(3)4)24(19)28-25-22-9-7-6-8-18(22)10-11-23(25)26/h6-11,14-17,28H,12-13,26H2,1-4H3. The summed E-state index contributed by atoms with van der Waals surface area (Å²) in [7, 11) is 0. The van der Waals surface area contributed by atoms with Gasteiger partial charge in [0, 0.05) is 11.1 Å². The molecule has 0 saturated carbocycles. The number of benzene rings is 3. The van der Waals surface area contributed by atoms with Crippen LogP contribution in [0.4, 0.5) is 22.7 Å². The number of hydrogen-bond donors (Lipinski definition) is 2. The minimum Gasteiger partial charge on any atom is -0.397 e. The fourth-order valence-corrected chi connectivity index (χ4v) is 3.73.